The molecule has 196 valence electrons. The molecule has 1 aliphatic carbocycles. The lowest BCUT2D eigenvalue weighted by Crippen LogP contribution is -2.31. The maximum Gasteiger partial charge on any atom is 0.405 e. The van der Waals surface area contributed by atoms with Crippen molar-refractivity contribution in [1.82, 2.24) is 4.98 Å². The summed E-state index contributed by atoms with van der Waals surface area (Å²) >= 11 is 0. The summed E-state index contributed by atoms with van der Waals surface area (Å²) in [5, 5.41) is 3.18. The Labute approximate surface area is 208 Å². The van der Waals surface area contributed by atoms with E-state index in [1.807, 2.05) is 27.7 Å². The number of alkyl halides is 3. The number of pyridine rings is 1. The number of primary amides is 1. The molecule has 11 heteroatoms. The van der Waals surface area contributed by atoms with E-state index in [0.717, 1.165) is 17.5 Å². The fourth-order valence-corrected chi connectivity index (χ4v) is 4.40. The van der Waals surface area contributed by atoms with Crippen LogP contribution in [0.25, 0.3) is 10.9 Å². The number of amides is 1. The van der Waals surface area contributed by atoms with E-state index in [1.54, 1.807) is 18.2 Å². The number of anilines is 1. The van der Waals surface area contributed by atoms with Crippen LogP contribution in [0, 0.1) is 12.8 Å². The fraction of sp³-hybridized carbons (Fsp3) is 0.520. The number of nitrogens with two attached hydrogens (primary N) is 2. The van der Waals surface area contributed by atoms with Crippen molar-refractivity contribution in [3.05, 3.63) is 35.0 Å². The van der Waals surface area contributed by atoms with Crippen LogP contribution in [0.1, 0.15) is 56.9 Å². The number of hydrogen-bond acceptors (Lipinski definition) is 6. The van der Waals surface area contributed by atoms with E-state index in [1.165, 1.54) is 7.05 Å². The number of nitrogens with one attached hydrogen (secondary N) is 1. The molecule has 1 amide bonds. The second-order valence-electron chi connectivity index (χ2n) is 10.1. The molecule has 2 atom stereocenters. The molecule has 0 aliphatic heterocycles. The second-order valence-corrected chi connectivity index (χ2v) is 10.1. The molecule has 1 heterocycles. The average molecular weight is 507 g/mol. The Kier molecular flexibility index (Phi) is 7.80. The van der Waals surface area contributed by atoms with E-state index < -0.39 is 24.0 Å². The minimum Gasteiger partial charge on any atom is -0.405 e. The Hall–Kier alpha value is -3.37. The number of nitrogens with zero attached hydrogens (tertiary/aromatic N) is 3. The molecule has 0 bridgehead atoms. The van der Waals surface area contributed by atoms with Gasteiger partial charge in [-0.1, -0.05) is 27.2 Å². The lowest BCUT2D eigenvalue weighted by atomic mass is 9.84. The lowest BCUT2D eigenvalue weighted by molar-refractivity contribution is -0.122. The quantitative estimate of drug-likeness (QED) is 0.414. The molecule has 0 spiro atoms. The van der Waals surface area contributed by atoms with Gasteiger partial charge in [0.05, 0.1) is 17.5 Å². The van der Waals surface area contributed by atoms with Crippen molar-refractivity contribution in [2.75, 3.05) is 18.9 Å². The molecule has 1 aromatic heterocycles. The van der Waals surface area contributed by atoms with Crippen LogP contribution < -0.4 is 16.8 Å². The Bertz CT molecular complexity index is 1200. The highest BCUT2D eigenvalue weighted by Crippen LogP contribution is 2.34. The summed E-state index contributed by atoms with van der Waals surface area (Å²) < 4.78 is 44.1. The lowest BCUT2D eigenvalue weighted by Gasteiger charge is -2.23. The van der Waals surface area contributed by atoms with Gasteiger partial charge in [0.25, 0.3) is 6.02 Å². The number of fused-ring (bicyclic) bond motifs is 1. The number of aliphatic imine (C=N–C) groups is 2. The average Bonchev–Trinajstić information content (AvgIpc) is 3.22. The smallest absolute Gasteiger partial charge is 0.405 e. The van der Waals surface area contributed by atoms with Gasteiger partial charge in [-0.15, -0.1) is 0 Å². The van der Waals surface area contributed by atoms with Crippen molar-refractivity contribution in [3.8, 4) is 0 Å². The molecule has 1 aliphatic rings. The molecule has 0 saturated heterocycles. The van der Waals surface area contributed by atoms with Crippen LogP contribution in [0.3, 0.4) is 0 Å². The highest BCUT2D eigenvalue weighted by Gasteiger charge is 2.32. The van der Waals surface area contributed by atoms with Gasteiger partial charge in [0, 0.05) is 18.1 Å². The van der Waals surface area contributed by atoms with Crippen LogP contribution in [0.15, 0.2) is 28.2 Å². The van der Waals surface area contributed by atoms with Crippen LogP contribution in [0.2, 0.25) is 0 Å². The zero-order chi connectivity index (χ0) is 26.8. The number of carbonyl (C=O) groups excluding carboxylic acids is 1. The van der Waals surface area contributed by atoms with E-state index in [2.05, 4.69) is 15.3 Å². The first-order valence-corrected chi connectivity index (χ1v) is 11.7. The van der Waals surface area contributed by atoms with E-state index in [9.17, 15) is 18.0 Å². The number of hydrogen-bond donors (Lipinski definition) is 3. The van der Waals surface area contributed by atoms with Crippen molar-refractivity contribution >= 4 is 34.4 Å². The van der Waals surface area contributed by atoms with Gasteiger partial charge in [0.15, 0.2) is 0 Å². The van der Waals surface area contributed by atoms with Gasteiger partial charge >= 0.3 is 6.18 Å². The number of halogens is 3. The zero-order valence-corrected chi connectivity index (χ0v) is 21.2. The molecule has 1 fully saturated rings. The molecule has 8 nitrogen and oxygen atoms in total. The van der Waals surface area contributed by atoms with Crippen molar-refractivity contribution in [3.63, 3.8) is 0 Å². The van der Waals surface area contributed by atoms with E-state index in [4.69, 9.17) is 21.2 Å². The number of benzene rings is 1. The third-order valence-electron chi connectivity index (χ3n) is 6.18. The number of amidine groups is 1. The molecule has 5 N–H and O–H groups in total. The number of aryl methyl sites for hydroxylation is 1. The third kappa shape index (κ3) is 6.44. The monoisotopic (exact) mass is 506 g/mol. The van der Waals surface area contributed by atoms with Crippen LogP contribution in [-0.4, -0.2) is 48.6 Å². The maximum atomic E-state index is 12.8. The van der Waals surface area contributed by atoms with Crippen LogP contribution >= 0.6 is 0 Å². The van der Waals surface area contributed by atoms with Gasteiger partial charge in [-0.05, 0) is 54.5 Å². The van der Waals surface area contributed by atoms with Crippen molar-refractivity contribution in [2.24, 2.45) is 27.4 Å². The predicted molar refractivity (Wildman–Crippen MR) is 135 cm³/mol. The Morgan fingerprint density at radius 2 is 1.89 bits per heavy atom. The summed E-state index contributed by atoms with van der Waals surface area (Å²) in [6.45, 7) is 6.60. The molecule has 3 rings (SSSR count). The first kappa shape index (κ1) is 27.2. The van der Waals surface area contributed by atoms with Crippen LogP contribution in [-0.2, 0) is 14.9 Å². The normalized spacial score (nSPS) is 19.6. The number of carbonyl (C=O) groups is 1. The molecular formula is C25H33F3N6O2. The van der Waals surface area contributed by atoms with Crippen LogP contribution in [0.5, 0.6) is 0 Å². The Morgan fingerprint density at radius 3 is 2.47 bits per heavy atom. The Morgan fingerprint density at radius 1 is 1.19 bits per heavy atom. The van der Waals surface area contributed by atoms with E-state index in [0.29, 0.717) is 35.1 Å². The standard InChI is InChI=1S/C25H33F3N6O2/c1-13-9-19(22(31-5)36-23(30)34-18-8-6-7-15(18)21(29)35)33-20-16(13)10-14(32-12-25(26,27)28)11-17(20)24(2,3)4/h9-11,15,18,32H,6-8,12H2,1-5H3,(H2,29,35)(H2,30,34)/t15-,18+/m1/s1. The predicted octanol–water partition coefficient (Wildman–Crippen LogP) is 4.18. The van der Waals surface area contributed by atoms with Gasteiger partial charge in [-0.25, -0.2) is 9.98 Å². The van der Waals surface area contributed by atoms with Gasteiger partial charge in [-0.3, -0.25) is 9.79 Å². The molecule has 36 heavy (non-hydrogen) atoms. The van der Waals surface area contributed by atoms with Gasteiger partial charge in [-0.2, -0.15) is 13.2 Å². The fourth-order valence-electron chi connectivity index (χ4n) is 4.40. The number of rotatable bonds is 5. The van der Waals surface area contributed by atoms with Gasteiger partial charge in [0.1, 0.15) is 12.2 Å². The van der Waals surface area contributed by atoms with Gasteiger partial charge in [0.2, 0.25) is 11.8 Å². The van der Waals surface area contributed by atoms with Gasteiger partial charge < -0.3 is 21.5 Å². The minimum absolute atomic E-state index is 0.133. The minimum atomic E-state index is -4.34. The van der Waals surface area contributed by atoms with Crippen molar-refractivity contribution < 1.29 is 22.7 Å². The molecule has 0 unspecified atom stereocenters. The highest BCUT2D eigenvalue weighted by molar-refractivity contribution is 6.02. The first-order valence-electron chi connectivity index (χ1n) is 11.7. The van der Waals surface area contributed by atoms with Crippen molar-refractivity contribution in [1.29, 1.82) is 0 Å². The molecular weight excluding hydrogens is 473 g/mol. The zero-order valence-electron chi connectivity index (χ0n) is 21.2. The maximum absolute atomic E-state index is 12.8. The molecule has 2 aromatic rings. The summed E-state index contributed by atoms with van der Waals surface area (Å²) in [6, 6.07) is 4.59. The van der Waals surface area contributed by atoms with E-state index >= 15 is 0 Å². The molecule has 1 aromatic carbocycles. The molecule has 0 radical (unpaired) electrons. The Balaban J connectivity index is 1.99. The second kappa shape index (κ2) is 10.3. The summed E-state index contributed by atoms with van der Waals surface area (Å²) in [5.74, 6) is -0.664. The van der Waals surface area contributed by atoms with Crippen LogP contribution in [0.4, 0.5) is 18.9 Å². The topological polar surface area (TPSA) is 128 Å². The number of ether oxygens (including phenoxy) is 1. The molecule has 1 saturated carbocycles. The highest BCUT2D eigenvalue weighted by atomic mass is 19.4. The first-order chi connectivity index (χ1) is 16.7. The third-order valence-corrected chi connectivity index (χ3v) is 6.18. The SMILES string of the molecule is CN=C(OC(N)=N[C@H]1CCC[C@H]1C(N)=O)c1cc(C)c2cc(NCC(F)(F)F)cc(C(C)(C)C)c2n1. The summed E-state index contributed by atoms with van der Waals surface area (Å²) in [4.78, 5) is 25.0. The van der Waals surface area contributed by atoms with E-state index in [-0.39, 0.29) is 23.9 Å². The van der Waals surface area contributed by atoms with Crippen molar-refractivity contribution in [2.45, 2.75) is 64.6 Å². The summed E-state index contributed by atoms with van der Waals surface area (Å²) in [6.07, 6.45) is -2.17. The number of aromatic nitrogens is 1. The summed E-state index contributed by atoms with van der Waals surface area (Å²) in [5.41, 5.74) is 14.0. The largest absolute Gasteiger partial charge is 0.405 e. The summed E-state index contributed by atoms with van der Waals surface area (Å²) in [7, 11) is 1.53.